The van der Waals surface area contributed by atoms with Crippen LogP contribution in [-0.2, 0) is 17.6 Å². The zero-order chi connectivity index (χ0) is 23.4. The number of hydrogen-bond donors (Lipinski definition) is 3. The van der Waals surface area contributed by atoms with Crippen LogP contribution in [0.15, 0.2) is 18.3 Å². The van der Waals surface area contributed by atoms with Crippen molar-refractivity contribution in [2.45, 2.75) is 50.3 Å². The molecule has 3 atom stereocenters. The summed E-state index contributed by atoms with van der Waals surface area (Å²) in [6, 6.07) is 4.68. The topological polar surface area (TPSA) is 118 Å². The lowest BCUT2D eigenvalue weighted by molar-refractivity contribution is 0.00766. The molecule has 0 radical (unpaired) electrons. The van der Waals surface area contributed by atoms with Gasteiger partial charge in [0.1, 0.15) is 26.6 Å². The van der Waals surface area contributed by atoms with E-state index in [1.165, 1.54) is 16.9 Å². The molecule has 0 spiro atoms. The van der Waals surface area contributed by atoms with Gasteiger partial charge in [-0.25, -0.2) is 15.0 Å². The number of nitrogens with one attached hydrogen (secondary N) is 2. The zero-order valence-corrected chi connectivity index (χ0v) is 20.2. The van der Waals surface area contributed by atoms with Crippen LogP contribution in [-0.4, -0.2) is 65.3 Å². The molecule has 1 aliphatic carbocycles. The van der Waals surface area contributed by atoms with Crippen molar-refractivity contribution in [1.82, 2.24) is 25.6 Å². The Bertz CT molecular complexity index is 1280. The Morgan fingerprint density at radius 2 is 2.26 bits per heavy atom. The molecule has 3 aromatic heterocycles. The van der Waals surface area contributed by atoms with Crippen molar-refractivity contribution in [3.05, 3.63) is 40.2 Å². The number of carbonyl (C=O) groups is 1. The number of thiophene rings is 1. The third-order valence-electron chi connectivity index (χ3n) is 7.52. The van der Waals surface area contributed by atoms with E-state index in [1.54, 1.807) is 6.20 Å². The fraction of sp³-hybridized carbons (Fsp3) is 0.500. The predicted octanol–water partition coefficient (Wildman–Crippen LogP) is 1.83. The molecule has 2 fully saturated rings. The molecule has 5 heterocycles. The molecule has 0 bridgehead atoms. The van der Waals surface area contributed by atoms with E-state index in [1.807, 2.05) is 14.0 Å². The maximum absolute atomic E-state index is 13.0. The third-order valence-corrected chi connectivity index (χ3v) is 8.60. The highest BCUT2D eigenvalue weighted by Crippen LogP contribution is 2.36. The van der Waals surface area contributed by atoms with Crippen LogP contribution in [0.2, 0.25) is 0 Å². The smallest absolute Gasteiger partial charge is 0.263 e. The summed E-state index contributed by atoms with van der Waals surface area (Å²) in [5.74, 6) is 0.862. The molecule has 2 aliphatic heterocycles. The van der Waals surface area contributed by atoms with E-state index < -0.39 is 0 Å². The molecule has 1 amide bonds. The number of aryl methyl sites for hydroxylation is 2. The first-order valence-corrected chi connectivity index (χ1v) is 12.6. The number of carbonyl (C=O) groups excluding carboxylic acids is 1. The van der Waals surface area contributed by atoms with Crippen LogP contribution in [0.1, 0.15) is 39.5 Å². The van der Waals surface area contributed by atoms with Gasteiger partial charge in [-0.1, -0.05) is 6.07 Å². The second-order valence-corrected chi connectivity index (χ2v) is 10.6. The minimum absolute atomic E-state index is 0.0482. The van der Waals surface area contributed by atoms with Gasteiger partial charge in [-0.3, -0.25) is 4.79 Å². The molecule has 4 N–H and O–H groups in total. The number of ether oxygens (including phenoxy) is 1. The number of nitrogen functional groups attached to an aromatic ring is 1. The van der Waals surface area contributed by atoms with E-state index in [2.05, 4.69) is 37.6 Å². The van der Waals surface area contributed by atoms with Crippen molar-refractivity contribution in [2.75, 3.05) is 37.4 Å². The Labute approximate surface area is 202 Å². The quantitative estimate of drug-likeness (QED) is 0.519. The summed E-state index contributed by atoms with van der Waals surface area (Å²) in [7, 11) is 1.82. The van der Waals surface area contributed by atoms with Crippen LogP contribution in [0.3, 0.4) is 0 Å². The lowest BCUT2D eigenvalue weighted by Crippen LogP contribution is -2.42. The van der Waals surface area contributed by atoms with Gasteiger partial charge in [-0.2, -0.15) is 0 Å². The van der Waals surface area contributed by atoms with Gasteiger partial charge in [0.05, 0.1) is 24.0 Å². The second-order valence-electron chi connectivity index (χ2n) is 9.60. The molecule has 0 aromatic carbocycles. The monoisotopic (exact) mass is 479 g/mol. The Kier molecular flexibility index (Phi) is 5.20. The Morgan fingerprint density at radius 1 is 1.38 bits per heavy atom. The molecular weight excluding hydrogens is 450 g/mol. The van der Waals surface area contributed by atoms with Gasteiger partial charge in [0.2, 0.25) is 0 Å². The molecule has 3 aromatic rings. The van der Waals surface area contributed by atoms with E-state index in [4.69, 9.17) is 15.5 Å². The highest BCUT2D eigenvalue weighted by atomic mass is 32.1. The van der Waals surface area contributed by atoms with Gasteiger partial charge in [0.15, 0.2) is 0 Å². The lowest BCUT2D eigenvalue weighted by Gasteiger charge is -2.28. The molecule has 3 aliphatic rings. The SMILES string of the molecule is COC12CCNC1CN(c1ccc3c(n1)CCC(NC(=O)c1sc4nc(C)cnc4c1N)C3)C2. The minimum atomic E-state index is -0.154. The minimum Gasteiger partial charge on any atom is -0.396 e. The van der Waals surface area contributed by atoms with E-state index >= 15 is 0 Å². The first-order chi connectivity index (χ1) is 16.5. The highest BCUT2D eigenvalue weighted by Gasteiger charge is 2.50. The van der Waals surface area contributed by atoms with Crippen LogP contribution in [0.4, 0.5) is 11.5 Å². The second kappa shape index (κ2) is 8.14. The average molecular weight is 480 g/mol. The largest absolute Gasteiger partial charge is 0.396 e. The number of methoxy groups -OCH3 is 1. The number of anilines is 2. The van der Waals surface area contributed by atoms with Crippen LogP contribution >= 0.6 is 11.3 Å². The molecule has 3 unspecified atom stereocenters. The van der Waals surface area contributed by atoms with Gasteiger partial charge in [-0.05, 0) is 50.8 Å². The number of pyridine rings is 1. The normalized spacial score (nSPS) is 26.0. The first-order valence-electron chi connectivity index (χ1n) is 11.8. The fourth-order valence-corrected chi connectivity index (χ4v) is 6.62. The van der Waals surface area contributed by atoms with Gasteiger partial charge in [-0.15, -0.1) is 11.3 Å². The van der Waals surface area contributed by atoms with Crippen LogP contribution in [0.5, 0.6) is 0 Å². The summed E-state index contributed by atoms with van der Waals surface area (Å²) >= 11 is 1.30. The third kappa shape index (κ3) is 3.52. The van der Waals surface area contributed by atoms with Crippen molar-refractivity contribution in [1.29, 1.82) is 0 Å². The van der Waals surface area contributed by atoms with Crippen LogP contribution in [0.25, 0.3) is 10.3 Å². The summed E-state index contributed by atoms with van der Waals surface area (Å²) in [6.07, 6.45) is 5.16. The number of fused-ring (bicyclic) bond motifs is 3. The first kappa shape index (κ1) is 21.7. The van der Waals surface area contributed by atoms with E-state index in [-0.39, 0.29) is 17.6 Å². The van der Waals surface area contributed by atoms with Crippen molar-refractivity contribution < 1.29 is 9.53 Å². The standard InChI is InChI=1S/C24H29N7O2S/c1-13-10-27-20-19(25)21(34-23(20)28-13)22(32)29-15-4-5-16-14(9-15)3-6-18(30-16)31-11-17-24(12-31,33-2)7-8-26-17/h3,6,10,15,17,26H,4-5,7-9,11-12,25H2,1-2H3,(H,29,32). The molecule has 9 nitrogen and oxygen atoms in total. The molecule has 178 valence electrons. The molecule has 6 rings (SSSR count). The average Bonchev–Trinajstić information content (AvgIpc) is 3.49. The summed E-state index contributed by atoms with van der Waals surface area (Å²) in [5, 5.41) is 6.75. The number of rotatable bonds is 4. The fourth-order valence-electron chi connectivity index (χ4n) is 5.62. The van der Waals surface area contributed by atoms with Gasteiger partial charge in [0, 0.05) is 31.6 Å². The summed E-state index contributed by atoms with van der Waals surface area (Å²) in [4.78, 5) is 30.3. The molecule has 2 saturated heterocycles. The highest BCUT2D eigenvalue weighted by molar-refractivity contribution is 7.21. The number of nitrogens with zero attached hydrogens (tertiary/aromatic N) is 4. The van der Waals surface area contributed by atoms with Crippen molar-refractivity contribution in [3.63, 3.8) is 0 Å². The molecular formula is C24H29N7O2S. The zero-order valence-electron chi connectivity index (χ0n) is 19.4. The number of amides is 1. The van der Waals surface area contributed by atoms with E-state index in [9.17, 15) is 4.79 Å². The van der Waals surface area contributed by atoms with Crippen LogP contribution in [0, 0.1) is 6.92 Å². The Balaban J connectivity index is 1.15. The Morgan fingerprint density at radius 3 is 3.09 bits per heavy atom. The summed E-state index contributed by atoms with van der Waals surface area (Å²) in [5.41, 5.74) is 10.3. The van der Waals surface area contributed by atoms with Gasteiger partial charge in [0.25, 0.3) is 5.91 Å². The molecule has 10 heteroatoms. The summed E-state index contributed by atoms with van der Waals surface area (Å²) in [6.45, 7) is 4.67. The Hall–Kier alpha value is -2.82. The maximum atomic E-state index is 13.0. The van der Waals surface area contributed by atoms with Crippen LogP contribution < -0.4 is 21.3 Å². The lowest BCUT2D eigenvalue weighted by atomic mass is 9.91. The molecule has 0 saturated carbocycles. The van der Waals surface area contributed by atoms with Crippen molar-refractivity contribution >= 4 is 39.1 Å². The maximum Gasteiger partial charge on any atom is 0.263 e. The number of hydrogen-bond acceptors (Lipinski definition) is 9. The predicted molar refractivity (Wildman–Crippen MR) is 132 cm³/mol. The van der Waals surface area contributed by atoms with Crippen molar-refractivity contribution in [3.8, 4) is 0 Å². The van der Waals surface area contributed by atoms with Gasteiger partial charge >= 0.3 is 0 Å². The van der Waals surface area contributed by atoms with Gasteiger partial charge < -0.3 is 26.0 Å². The number of aromatic nitrogens is 3. The van der Waals surface area contributed by atoms with Crippen molar-refractivity contribution in [2.24, 2.45) is 0 Å². The van der Waals surface area contributed by atoms with E-state index in [0.29, 0.717) is 27.0 Å². The number of nitrogens with two attached hydrogens (primary N) is 1. The molecule has 34 heavy (non-hydrogen) atoms. The summed E-state index contributed by atoms with van der Waals surface area (Å²) < 4.78 is 5.92. The van der Waals surface area contributed by atoms with E-state index in [0.717, 1.165) is 62.5 Å².